The van der Waals surface area contributed by atoms with Crippen molar-refractivity contribution in [2.24, 2.45) is 11.3 Å². The third-order valence-electron chi connectivity index (χ3n) is 7.21. The van der Waals surface area contributed by atoms with E-state index in [1.54, 1.807) is 0 Å². The van der Waals surface area contributed by atoms with Crippen LogP contribution in [-0.2, 0) is 4.79 Å². The minimum Gasteiger partial charge on any atom is -0.351 e. The van der Waals surface area contributed by atoms with Crippen molar-refractivity contribution in [3.8, 4) is 0 Å². The van der Waals surface area contributed by atoms with Crippen LogP contribution in [0, 0.1) is 11.3 Å². The van der Waals surface area contributed by atoms with Crippen molar-refractivity contribution in [2.45, 2.75) is 70.3 Å². The lowest BCUT2D eigenvalue weighted by Crippen LogP contribution is -2.57. The molecule has 0 unspecified atom stereocenters. The number of nitrogens with zero attached hydrogens (tertiary/aromatic N) is 1. The number of rotatable bonds is 5. The summed E-state index contributed by atoms with van der Waals surface area (Å²) in [5.41, 5.74) is 0.793. The highest BCUT2D eigenvalue weighted by Crippen LogP contribution is 2.48. The monoisotopic (exact) mass is 368 g/mol. The number of fused-ring (bicyclic) bond motifs is 1. The number of likely N-dealkylation sites (tertiary alicyclic amines) is 1. The molecule has 1 aromatic carbocycles. The van der Waals surface area contributed by atoms with Gasteiger partial charge in [-0.1, -0.05) is 43.9 Å². The Morgan fingerprint density at radius 2 is 1.81 bits per heavy atom. The summed E-state index contributed by atoms with van der Waals surface area (Å²) < 4.78 is 0. The second-order valence-electron chi connectivity index (χ2n) is 8.87. The molecule has 2 atom stereocenters. The summed E-state index contributed by atoms with van der Waals surface area (Å²) in [5.74, 6) is 1.03. The Hall–Kier alpha value is -1.84. The second-order valence-corrected chi connectivity index (χ2v) is 8.87. The highest BCUT2D eigenvalue weighted by Gasteiger charge is 2.50. The van der Waals surface area contributed by atoms with Crippen molar-refractivity contribution in [3.05, 3.63) is 35.9 Å². The van der Waals surface area contributed by atoms with Gasteiger partial charge in [0.25, 0.3) is 5.91 Å². The molecule has 4 heteroatoms. The molecule has 0 aromatic heterocycles. The molecule has 2 saturated carbocycles. The number of piperidine rings is 1. The zero-order valence-corrected chi connectivity index (χ0v) is 16.3. The first-order valence-electron chi connectivity index (χ1n) is 10.8. The summed E-state index contributed by atoms with van der Waals surface area (Å²) in [6.07, 6.45) is 11.5. The molecule has 0 bridgehead atoms. The predicted octanol–water partition coefficient (Wildman–Crippen LogP) is 4.16. The van der Waals surface area contributed by atoms with Crippen molar-refractivity contribution < 1.29 is 9.59 Å². The van der Waals surface area contributed by atoms with E-state index in [1.165, 1.54) is 38.5 Å². The Morgan fingerprint density at radius 3 is 2.59 bits per heavy atom. The molecule has 4 nitrogen and oxygen atoms in total. The molecular weight excluding hydrogens is 336 g/mol. The highest BCUT2D eigenvalue weighted by molar-refractivity contribution is 5.94. The normalized spacial score (nSPS) is 28.8. The van der Waals surface area contributed by atoms with Gasteiger partial charge in [0, 0.05) is 36.5 Å². The maximum atomic E-state index is 12.8. The molecule has 3 aliphatic rings. The van der Waals surface area contributed by atoms with Gasteiger partial charge in [-0.25, -0.2) is 0 Å². The Balaban J connectivity index is 1.44. The number of hydrogen-bond donors (Lipinski definition) is 1. The Morgan fingerprint density at radius 1 is 1.04 bits per heavy atom. The number of carbonyl (C=O) groups is 2. The molecule has 0 spiro atoms. The summed E-state index contributed by atoms with van der Waals surface area (Å²) >= 11 is 0. The Bertz CT molecular complexity index is 668. The van der Waals surface area contributed by atoms with Gasteiger partial charge in [0.1, 0.15) is 0 Å². The van der Waals surface area contributed by atoms with Crippen molar-refractivity contribution >= 4 is 11.8 Å². The van der Waals surface area contributed by atoms with E-state index in [-0.39, 0.29) is 11.3 Å². The lowest BCUT2D eigenvalue weighted by atomic mass is 9.74. The van der Waals surface area contributed by atoms with Crippen LogP contribution in [-0.4, -0.2) is 35.8 Å². The lowest BCUT2D eigenvalue weighted by Gasteiger charge is -2.47. The van der Waals surface area contributed by atoms with Crippen LogP contribution >= 0.6 is 0 Å². The Labute approximate surface area is 162 Å². The molecule has 27 heavy (non-hydrogen) atoms. The van der Waals surface area contributed by atoms with Gasteiger partial charge >= 0.3 is 0 Å². The molecule has 3 fully saturated rings. The second kappa shape index (κ2) is 8.04. The van der Waals surface area contributed by atoms with E-state index >= 15 is 0 Å². The van der Waals surface area contributed by atoms with Gasteiger partial charge in [0.2, 0.25) is 5.91 Å². The first-order chi connectivity index (χ1) is 13.2. The average molecular weight is 369 g/mol. The third kappa shape index (κ3) is 3.90. The largest absolute Gasteiger partial charge is 0.351 e. The Kier molecular flexibility index (Phi) is 5.51. The van der Waals surface area contributed by atoms with Gasteiger partial charge < -0.3 is 10.2 Å². The van der Waals surface area contributed by atoms with Crippen molar-refractivity contribution in [1.29, 1.82) is 0 Å². The summed E-state index contributed by atoms with van der Waals surface area (Å²) in [4.78, 5) is 27.5. The molecule has 1 aromatic rings. The van der Waals surface area contributed by atoms with Crippen LogP contribution in [0.2, 0.25) is 0 Å². The zero-order chi connectivity index (χ0) is 18.7. The zero-order valence-electron chi connectivity index (χ0n) is 16.3. The van der Waals surface area contributed by atoms with Crippen LogP contribution < -0.4 is 5.32 Å². The maximum Gasteiger partial charge on any atom is 0.251 e. The summed E-state index contributed by atoms with van der Waals surface area (Å²) in [5, 5.41) is 3.19. The fraction of sp³-hybridized carbons (Fsp3) is 0.652. The fourth-order valence-corrected chi connectivity index (χ4v) is 5.69. The summed E-state index contributed by atoms with van der Waals surface area (Å²) in [7, 11) is 0. The van der Waals surface area contributed by atoms with E-state index in [1.807, 2.05) is 30.3 Å². The van der Waals surface area contributed by atoms with Gasteiger partial charge in [0.05, 0.1) is 0 Å². The number of benzene rings is 1. The van der Waals surface area contributed by atoms with Crippen LogP contribution in [0.5, 0.6) is 0 Å². The molecule has 0 radical (unpaired) electrons. The summed E-state index contributed by atoms with van der Waals surface area (Å²) in [6.45, 7) is 1.64. The van der Waals surface area contributed by atoms with Crippen molar-refractivity contribution in [3.63, 3.8) is 0 Å². The molecular formula is C23H32N2O2. The van der Waals surface area contributed by atoms with Gasteiger partial charge in [-0.3, -0.25) is 9.59 Å². The molecule has 4 rings (SSSR count). The lowest BCUT2D eigenvalue weighted by molar-refractivity contribution is -0.142. The smallest absolute Gasteiger partial charge is 0.251 e. The van der Waals surface area contributed by atoms with Crippen LogP contribution in [0.25, 0.3) is 0 Å². The number of amides is 2. The van der Waals surface area contributed by atoms with E-state index in [2.05, 4.69) is 10.2 Å². The molecule has 1 saturated heterocycles. The van der Waals surface area contributed by atoms with Gasteiger partial charge in [-0.05, 0) is 50.2 Å². The van der Waals surface area contributed by atoms with Gasteiger partial charge in [-0.15, -0.1) is 0 Å². The number of nitrogens with one attached hydrogen (secondary N) is 1. The fourth-order valence-electron chi connectivity index (χ4n) is 5.69. The van der Waals surface area contributed by atoms with Gasteiger partial charge in [-0.2, -0.15) is 0 Å². The predicted molar refractivity (Wildman–Crippen MR) is 106 cm³/mol. The standard InChI is InChI=1S/C23H32N2O2/c26-21-13-15-23(17-24-22(27)19-10-5-2-6-11-19)14-7-12-20(23)25(21)16-18-8-3-1-4-9-18/h2,5-6,10-11,18,20H,1,3-4,7-9,12-17H2,(H,24,27)/t20-,23+/m1/s1. The third-order valence-corrected chi connectivity index (χ3v) is 7.21. The van der Waals surface area contributed by atoms with E-state index in [0.717, 1.165) is 31.4 Å². The average Bonchev–Trinajstić information content (AvgIpc) is 3.14. The molecule has 2 amide bonds. The molecule has 1 N–H and O–H groups in total. The first-order valence-corrected chi connectivity index (χ1v) is 10.8. The quantitative estimate of drug-likeness (QED) is 0.848. The highest BCUT2D eigenvalue weighted by atomic mass is 16.2. The maximum absolute atomic E-state index is 12.8. The van der Waals surface area contributed by atoms with Crippen LogP contribution in [0.1, 0.15) is 74.6 Å². The molecule has 2 aliphatic carbocycles. The minimum absolute atomic E-state index is 0.00588. The minimum atomic E-state index is 0.00588. The van der Waals surface area contributed by atoms with Crippen LogP contribution in [0.4, 0.5) is 0 Å². The SMILES string of the molecule is O=C(NC[C@@]12CCC[C@H]1N(CC1CCCCC1)C(=O)CC2)c1ccccc1. The van der Waals surface area contributed by atoms with Gasteiger partial charge in [0.15, 0.2) is 0 Å². The summed E-state index contributed by atoms with van der Waals surface area (Å²) in [6, 6.07) is 9.76. The number of hydrogen-bond acceptors (Lipinski definition) is 2. The van der Waals surface area contributed by atoms with E-state index < -0.39 is 0 Å². The van der Waals surface area contributed by atoms with Crippen LogP contribution in [0.3, 0.4) is 0 Å². The molecule has 1 heterocycles. The van der Waals surface area contributed by atoms with E-state index in [9.17, 15) is 9.59 Å². The van der Waals surface area contributed by atoms with Crippen LogP contribution in [0.15, 0.2) is 30.3 Å². The van der Waals surface area contributed by atoms with Crippen molar-refractivity contribution in [2.75, 3.05) is 13.1 Å². The number of carbonyl (C=O) groups excluding carboxylic acids is 2. The van der Waals surface area contributed by atoms with Crippen molar-refractivity contribution in [1.82, 2.24) is 10.2 Å². The topological polar surface area (TPSA) is 49.4 Å². The molecule has 1 aliphatic heterocycles. The first kappa shape index (κ1) is 18.5. The van der Waals surface area contributed by atoms with E-state index in [0.29, 0.717) is 30.8 Å². The van der Waals surface area contributed by atoms with E-state index in [4.69, 9.17) is 0 Å². The molecule has 146 valence electrons.